The molecule has 0 spiro atoms. The maximum Gasteiger partial charge on any atom is 2.00 e. The minimum atomic E-state index is -4.33. The second-order valence-corrected chi connectivity index (χ2v) is 5.42. The molecule has 0 unspecified atom stereocenters. The molecular formula is C13H12MgN2O3S. The van der Waals surface area contributed by atoms with E-state index in [1.165, 1.54) is 0 Å². The van der Waals surface area contributed by atoms with Crippen LogP contribution in [0.3, 0.4) is 0 Å². The van der Waals surface area contributed by atoms with E-state index in [2.05, 4.69) is 9.97 Å². The number of nitrogens with zero attached hydrogens (tertiary/aromatic N) is 1. The van der Waals surface area contributed by atoms with Crippen LogP contribution in [-0.2, 0) is 10.1 Å². The number of imidazole rings is 1. The van der Waals surface area contributed by atoms with Crippen LogP contribution in [0, 0.1) is 0 Å². The molecule has 0 aliphatic carbocycles. The summed E-state index contributed by atoms with van der Waals surface area (Å²) in [5.74, 6) is 0. The van der Waals surface area contributed by atoms with Crippen molar-refractivity contribution in [3.63, 3.8) is 0 Å². The van der Waals surface area contributed by atoms with Gasteiger partial charge in [-0.15, -0.1) is 0 Å². The van der Waals surface area contributed by atoms with Crippen LogP contribution in [0.15, 0.2) is 53.7 Å². The number of fused-ring (bicyclic) bond motifs is 1. The molecule has 2 aromatic carbocycles. The van der Waals surface area contributed by atoms with Gasteiger partial charge in [-0.3, -0.25) is 4.55 Å². The van der Waals surface area contributed by atoms with Gasteiger partial charge in [-0.05, 0) is 11.6 Å². The van der Waals surface area contributed by atoms with Gasteiger partial charge < -0.3 is 7.84 Å². The molecule has 0 fully saturated rings. The van der Waals surface area contributed by atoms with Crippen LogP contribution in [-0.4, -0.2) is 46.0 Å². The Morgan fingerprint density at radius 1 is 1.05 bits per heavy atom. The molecule has 0 aliphatic rings. The number of rotatable bonds is 2. The van der Waals surface area contributed by atoms with E-state index in [1.807, 2.05) is 36.4 Å². The summed E-state index contributed by atoms with van der Waals surface area (Å²) < 4.78 is 31.3. The summed E-state index contributed by atoms with van der Waals surface area (Å²) in [5, 5.41) is -0.439. The number of hydrogen-bond donors (Lipinski definition) is 2. The van der Waals surface area contributed by atoms with Gasteiger partial charge in [-0.1, -0.05) is 42.5 Å². The molecule has 0 radical (unpaired) electrons. The van der Waals surface area contributed by atoms with Gasteiger partial charge in [0.2, 0.25) is 0 Å². The smallest absolute Gasteiger partial charge is 1.00 e. The fourth-order valence-electron chi connectivity index (χ4n) is 1.98. The van der Waals surface area contributed by atoms with Crippen molar-refractivity contribution in [1.29, 1.82) is 0 Å². The fraction of sp³-hybridized carbons (Fsp3) is 0. The molecule has 100 valence electrons. The zero-order valence-corrected chi connectivity index (χ0v) is 12.7. The molecule has 7 heteroatoms. The summed E-state index contributed by atoms with van der Waals surface area (Å²) in [5.41, 5.74) is 2.82. The zero-order valence-electron chi connectivity index (χ0n) is 12.4. The first-order chi connectivity index (χ1) is 9.05. The molecule has 0 amide bonds. The Morgan fingerprint density at radius 3 is 2.40 bits per heavy atom. The molecule has 0 saturated carbocycles. The molecule has 20 heavy (non-hydrogen) atoms. The predicted octanol–water partition coefficient (Wildman–Crippen LogP) is 2.32. The Bertz CT molecular complexity index is 854. The van der Waals surface area contributed by atoms with Gasteiger partial charge in [-0.2, -0.15) is 8.42 Å². The largest absolute Gasteiger partial charge is 2.00 e. The van der Waals surface area contributed by atoms with Gasteiger partial charge in [0.1, 0.15) is 0 Å². The Hall–Kier alpha value is -1.41. The normalized spacial score (nSPS) is 11.2. The van der Waals surface area contributed by atoms with Crippen LogP contribution in [0.5, 0.6) is 0 Å². The summed E-state index contributed by atoms with van der Waals surface area (Å²) in [6.45, 7) is 0. The van der Waals surface area contributed by atoms with Crippen molar-refractivity contribution in [1.82, 2.24) is 9.97 Å². The van der Waals surface area contributed by atoms with Crippen molar-refractivity contribution >= 4 is 44.2 Å². The summed E-state index contributed by atoms with van der Waals surface area (Å²) in [7, 11) is -4.33. The van der Waals surface area contributed by atoms with Crippen LogP contribution in [0.2, 0.25) is 0 Å². The fourth-order valence-corrected chi connectivity index (χ4v) is 2.43. The maximum atomic E-state index is 11.1. The van der Waals surface area contributed by atoms with E-state index in [4.69, 9.17) is 4.55 Å². The quantitative estimate of drug-likeness (QED) is 0.562. The van der Waals surface area contributed by atoms with Crippen LogP contribution >= 0.6 is 0 Å². The van der Waals surface area contributed by atoms with Crippen molar-refractivity contribution < 1.29 is 15.8 Å². The molecule has 3 aromatic rings. The Kier molecular flexibility index (Phi) is 4.14. The minimum absolute atomic E-state index is 0. The van der Waals surface area contributed by atoms with Gasteiger partial charge >= 0.3 is 33.2 Å². The Balaban J connectivity index is 0.00000147. The predicted molar refractivity (Wildman–Crippen MR) is 79.3 cm³/mol. The van der Waals surface area contributed by atoms with E-state index in [1.54, 1.807) is 12.1 Å². The monoisotopic (exact) mass is 300 g/mol. The molecule has 3 rings (SSSR count). The third kappa shape index (κ3) is 2.71. The molecule has 1 heterocycles. The standard InChI is InChI=1S/C13H10N2O3S.Mg.2H/c16-19(17,18)13-14-11-8-4-7-10(12(11)15-13)9-5-2-1-3-6-9;;;/h1-8H,(H,14,15)(H,16,17,18);;;/q;+2;2*-1. The molecule has 2 N–H and O–H groups in total. The van der Waals surface area contributed by atoms with Crippen molar-refractivity contribution in [2.45, 2.75) is 5.16 Å². The van der Waals surface area contributed by atoms with Crippen LogP contribution in [0.4, 0.5) is 0 Å². The van der Waals surface area contributed by atoms with Crippen molar-refractivity contribution in [3.8, 4) is 11.1 Å². The number of H-pyrrole nitrogens is 1. The van der Waals surface area contributed by atoms with Crippen LogP contribution in [0.1, 0.15) is 2.85 Å². The molecule has 0 atom stereocenters. The van der Waals surface area contributed by atoms with E-state index < -0.39 is 15.3 Å². The van der Waals surface area contributed by atoms with Gasteiger partial charge in [0, 0.05) is 5.56 Å². The number of hydrogen-bond acceptors (Lipinski definition) is 3. The minimum Gasteiger partial charge on any atom is -1.00 e. The molecular weight excluding hydrogens is 289 g/mol. The molecule has 0 aliphatic heterocycles. The van der Waals surface area contributed by atoms with Crippen LogP contribution < -0.4 is 0 Å². The average molecular weight is 301 g/mol. The van der Waals surface area contributed by atoms with Crippen molar-refractivity contribution in [3.05, 3.63) is 48.5 Å². The molecule has 1 aromatic heterocycles. The van der Waals surface area contributed by atoms with Gasteiger partial charge in [0.05, 0.1) is 11.0 Å². The first-order valence-electron chi connectivity index (χ1n) is 5.57. The van der Waals surface area contributed by atoms with Crippen LogP contribution in [0.25, 0.3) is 22.2 Å². The van der Waals surface area contributed by atoms with Crippen molar-refractivity contribution in [2.75, 3.05) is 0 Å². The van der Waals surface area contributed by atoms with E-state index in [0.717, 1.165) is 11.1 Å². The number of aromatic amines is 1. The zero-order chi connectivity index (χ0) is 13.5. The maximum absolute atomic E-state index is 11.1. The summed E-state index contributed by atoms with van der Waals surface area (Å²) in [6.07, 6.45) is 0. The molecule has 0 bridgehead atoms. The van der Waals surface area contributed by atoms with Gasteiger partial charge in [0.25, 0.3) is 5.16 Å². The summed E-state index contributed by atoms with van der Waals surface area (Å²) >= 11 is 0. The van der Waals surface area contributed by atoms with E-state index in [9.17, 15) is 8.42 Å². The van der Waals surface area contributed by atoms with Gasteiger partial charge in [-0.25, -0.2) is 4.98 Å². The second-order valence-electron chi connectivity index (χ2n) is 4.08. The summed E-state index contributed by atoms with van der Waals surface area (Å²) in [6, 6.07) is 14.9. The van der Waals surface area contributed by atoms with Gasteiger partial charge in [0.15, 0.2) is 0 Å². The van der Waals surface area contributed by atoms with E-state index in [-0.39, 0.29) is 25.9 Å². The number of para-hydroxylation sites is 1. The first-order valence-corrected chi connectivity index (χ1v) is 7.01. The number of aromatic nitrogens is 2. The Morgan fingerprint density at radius 2 is 1.75 bits per heavy atom. The summed E-state index contributed by atoms with van der Waals surface area (Å²) in [4.78, 5) is 6.56. The number of nitrogens with one attached hydrogen (secondary N) is 1. The molecule has 0 saturated heterocycles. The number of benzene rings is 2. The van der Waals surface area contributed by atoms with E-state index in [0.29, 0.717) is 11.0 Å². The van der Waals surface area contributed by atoms with E-state index >= 15 is 0 Å². The second kappa shape index (κ2) is 5.53. The molecule has 5 nitrogen and oxygen atoms in total. The first kappa shape index (κ1) is 15.0. The van der Waals surface area contributed by atoms with Crippen molar-refractivity contribution in [2.24, 2.45) is 0 Å². The average Bonchev–Trinajstić information content (AvgIpc) is 2.83. The SMILES string of the molecule is O=S(=O)(O)c1nc2c(-c3ccccc3)cccc2[nH]1.[H-].[H-].[Mg+2]. The third-order valence-corrected chi connectivity index (χ3v) is 3.50. The topological polar surface area (TPSA) is 83.1 Å². The third-order valence-electron chi connectivity index (χ3n) is 2.82. The Labute approximate surface area is 134 Å².